The van der Waals surface area contributed by atoms with Crippen molar-refractivity contribution in [2.24, 2.45) is 0 Å². The number of hydrogen-bond acceptors (Lipinski definition) is 5. The molecule has 3 N–H and O–H groups in total. The topological polar surface area (TPSA) is 95.9 Å². The van der Waals surface area contributed by atoms with Gasteiger partial charge in [0.2, 0.25) is 5.91 Å². The van der Waals surface area contributed by atoms with E-state index in [9.17, 15) is 19.8 Å². The van der Waals surface area contributed by atoms with E-state index in [2.05, 4.69) is 19.2 Å². The molecule has 0 radical (unpaired) electrons. The number of rotatable bonds is 43. The number of amides is 1. The number of aliphatic hydroxyl groups excluding tert-OH is 2. The molecule has 0 aliphatic carbocycles. The van der Waals surface area contributed by atoms with E-state index in [-0.39, 0.29) is 18.5 Å². The Hall–Kier alpha value is -1.40. The van der Waals surface area contributed by atoms with Crippen LogP contribution in [-0.2, 0) is 14.3 Å². The van der Waals surface area contributed by atoms with Gasteiger partial charge in [-0.1, -0.05) is 219 Å². The Kier molecular flexibility index (Phi) is 42.2. The highest BCUT2D eigenvalue weighted by Crippen LogP contribution is 2.15. The van der Waals surface area contributed by atoms with Crippen molar-refractivity contribution in [1.29, 1.82) is 0 Å². The second-order valence-electron chi connectivity index (χ2n) is 16.1. The molecule has 53 heavy (non-hydrogen) atoms. The number of allylic oxidation sites excluding steroid dienone is 1. The summed E-state index contributed by atoms with van der Waals surface area (Å²) in [7, 11) is 0. The molecular weight excluding hydrogens is 659 g/mol. The average Bonchev–Trinajstić information content (AvgIpc) is 3.16. The Morgan fingerprint density at radius 1 is 0.509 bits per heavy atom. The number of esters is 1. The molecule has 0 aromatic heterocycles. The number of carbonyl (C=O) groups excluding carboxylic acids is 2. The minimum Gasteiger partial charge on any atom is -0.466 e. The second-order valence-corrected chi connectivity index (χ2v) is 16.1. The van der Waals surface area contributed by atoms with E-state index in [1.54, 1.807) is 6.08 Å². The summed E-state index contributed by atoms with van der Waals surface area (Å²) in [5.41, 5.74) is 0. The zero-order chi connectivity index (χ0) is 38.7. The minimum absolute atomic E-state index is 0.00669. The molecule has 2 atom stereocenters. The molecule has 0 rings (SSSR count). The van der Waals surface area contributed by atoms with Gasteiger partial charge in [0.1, 0.15) is 0 Å². The SMILES string of the molecule is CCCCCCCCCCC/C=C/C(O)C(CO)NC(=O)CCCCCCCCCCCCCCCOC(=O)CCCCCCCCCCCCCC. The smallest absolute Gasteiger partial charge is 0.305 e. The van der Waals surface area contributed by atoms with E-state index in [0.717, 1.165) is 57.8 Å². The van der Waals surface area contributed by atoms with Crippen LogP contribution in [0.25, 0.3) is 0 Å². The summed E-state index contributed by atoms with van der Waals surface area (Å²) < 4.78 is 5.44. The number of hydrogen-bond donors (Lipinski definition) is 3. The summed E-state index contributed by atoms with van der Waals surface area (Å²) in [5, 5.41) is 22.9. The molecule has 0 bridgehead atoms. The zero-order valence-corrected chi connectivity index (χ0v) is 35.5. The quantitative estimate of drug-likeness (QED) is 0.0328. The molecule has 0 fully saturated rings. The number of nitrogens with one attached hydrogen (secondary N) is 1. The molecule has 0 saturated heterocycles. The van der Waals surface area contributed by atoms with Crippen molar-refractivity contribution in [3.8, 4) is 0 Å². The van der Waals surface area contributed by atoms with Crippen molar-refractivity contribution in [2.45, 2.75) is 264 Å². The molecule has 0 aliphatic rings. The fraction of sp³-hybridized carbons (Fsp3) is 0.915. The van der Waals surface area contributed by atoms with Gasteiger partial charge in [0, 0.05) is 12.8 Å². The highest BCUT2D eigenvalue weighted by molar-refractivity contribution is 5.76. The van der Waals surface area contributed by atoms with Crippen LogP contribution in [0.4, 0.5) is 0 Å². The van der Waals surface area contributed by atoms with Crippen molar-refractivity contribution in [3.63, 3.8) is 0 Å². The van der Waals surface area contributed by atoms with E-state index >= 15 is 0 Å². The number of ether oxygens (including phenoxy) is 1. The van der Waals surface area contributed by atoms with Crippen LogP contribution in [0.2, 0.25) is 0 Å². The first-order valence-electron chi connectivity index (χ1n) is 23.5. The summed E-state index contributed by atoms with van der Waals surface area (Å²) in [6, 6.07) is -0.634. The normalized spacial score (nSPS) is 12.8. The van der Waals surface area contributed by atoms with Gasteiger partial charge in [-0.3, -0.25) is 9.59 Å². The van der Waals surface area contributed by atoms with Crippen LogP contribution >= 0.6 is 0 Å². The van der Waals surface area contributed by atoms with Gasteiger partial charge in [0.15, 0.2) is 0 Å². The fourth-order valence-corrected chi connectivity index (χ4v) is 7.16. The number of aliphatic hydroxyl groups is 2. The van der Waals surface area contributed by atoms with Crippen molar-refractivity contribution in [1.82, 2.24) is 5.32 Å². The van der Waals surface area contributed by atoms with Gasteiger partial charge in [-0.2, -0.15) is 0 Å². The lowest BCUT2D eigenvalue weighted by atomic mass is 10.0. The van der Waals surface area contributed by atoms with E-state index in [0.29, 0.717) is 19.4 Å². The maximum Gasteiger partial charge on any atom is 0.305 e. The maximum absolute atomic E-state index is 12.4. The van der Waals surface area contributed by atoms with E-state index < -0.39 is 12.1 Å². The predicted octanol–water partition coefficient (Wildman–Crippen LogP) is 13.4. The monoisotopic (exact) mass is 750 g/mol. The summed E-state index contributed by atoms with van der Waals surface area (Å²) in [6.45, 7) is 4.85. The Balaban J connectivity index is 3.47. The number of carbonyl (C=O) groups is 2. The van der Waals surface area contributed by atoms with Gasteiger partial charge in [0.05, 0.1) is 25.4 Å². The standard InChI is InChI=1S/C47H91NO5/c1-3-5-7-9-11-13-15-21-25-29-33-37-41-47(52)53-42-38-34-30-26-22-18-16-17-20-24-28-32-36-40-46(51)48-44(43-49)45(50)39-35-31-27-23-19-14-12-10-8-6-4-2/h35,39,44-45,49-50H,3-34,36-38,40-43H2,1-2H3,(H,48,51)/b39-35+. The molecule has 2 unspecified atom stereocenters. The summed E-state index contributed by atoms with van der Waals surface area (Å²) >= 11 is 0. The van der Waals surface area contributed by atoms with E-state index in [4.69, 9.17) is 4.74 Å². The van der Waals surface area contributed by atoms with Crippen molar-refractivity contribution >= 4 is 11.9 Å². The molecule has 6 heteroatoms. The highest BCUT2D eigenvalue weighted by Gasteiger charge is 2.18. The largest absolute Gasteiger partial charge is 0.466 e. The molecule has 6 nitrogen and oxygen atoms in total. The molecule has 0 aromatic rings. The van der Waals surface area contributed by atoms with Crippen LogP contribution in [0.3, 0.4) is 0 Å². The molecule has 0 spiro atoms. The Labute approximate surface area is 329 Å². The third-order valence-corrected chi connectivity index (χ3v) is 10.8. The van der Waals surface area contributed by atoms with Crippen LogP contribution in [0, 0.1) is 0 Å². The lowest BCUT2D eigenvalue weighted by molar-refractivity contribution is -0.143. The molecule has 0 heterocycles. The van der Waals surface area contributed by atoms with Crippen LogP contribution in [-0.4, -0.2) is 47.4 Å². The van der Waals surface area contributed by atoms with Gasteiger partial charge in [-0.05, 0) is 32.1 Å². The molecule has 0 aliphatic heterocycles. The Morgan fingerprint density at radius 2 is 0.868 bits per heavy atom. The van der Waals surface area contributed by atoms with Crippen LogP contribution < -0.4 is 5.32 Å². The lowest BCUT2D eigenvalue weighted by Crippen LogP contribution is -2.45. The molecular formula is C47H91NO5. The minimum atomic E-state index is -0.849. The van der Waals surface area contributed by atoms with Crippen molar-refractivity contribution < 1.29 is 24.5 Å². The van der Waals surface area contributed by atoms with Gasteiger partial charge < -0.3 is 20.3 Å². The molecule has 0 aromatic carbocycles. The number of unbranched alkanes of at least 4 members (excludes halogenated alkanes) is 32. The van der Waals surface area contributed by atoms with Gasteiger partial charge in [-0.15, -0.1) is 0 Å². The summed E-state index contributed by atoms with van der Waals surface area (Å²) in [4.78, 5) is 24.3. The Morgan fingerprint density at radius 3 is 1.28 bits per heavy atom. The molecule has 1 amide bonds. The van der Waals surface area contributed by atoms with E-state index in [1.165, 1.54) is 167 Å². The molecule has 314 valence electrons. The van der Waals surface area contributed by atoms with Crippen molar-refractivity contribution in [3.05, 3.63) is 12.2 Å². The summed E-state index contributed by atoms with van der Waals surface area (Å²) in [6.07, 6.45) is 47.7. The van der Waals surface area contributed by atoms with Crippen LogP contribution in [0.15, 0.2) is 12.2 Å². The van der Waals surface area contributed by atoms with Crippen LogP contribution in [0.1, 0.15) is 251 Å². The average molecular weight is 750 g/mol. The first-order chi connectivity index (χ1) is 26.0. The van der Waals surface area contributed by atoms with E-state index in [1.807, 2.05) is 6.08 Å². The molecule has 0 saturated carbocycles. The van der Waals surface area contributed by atoms with Gasteiger partial charge in [-0.25, -0.2) is 0 Å². The predicted molar refractivity (Wildman–Crippen MR) is 227 cm³/mol. The third-order valence-electron chi connectivity index (χ3n) is 10.8. The van der Waals surface area contributed by atoms with Crippen LogP contribution in [0.5, 0.6) is 0 Å². The first kappa shape index (κ1) is 51.6. The maximum atomic E-state index is 12.4. The summed E-state index contributed by atoms with van der Waals surface area (Å²) in [5.74, 6) is -0.0887. The highest BCUT2D eigenvalue weighted by atomic mass is 16.5. The van der Waals surface area contributed by atoms with Crippen molar-refractivity contribution in [2.75, 3.05) is 13.2 Å². The lowest BCUT2D eigenvalue weighted by Gasteiger charge is -2.20. The third kappa shape index (κ3) is 40.1. The van der Waals surface area contributed by atoms with Gasteiger partial charge >= 0.3 is 5.97 Å². The fourth-order valence-electron chi connectivity index (χ4n) is 7.16. The first-order valence-corrected chi connectivity index (χ1v) is 23.5. The van der Waals surface area contributed by atoms with Gasteiger partial charge in [0.25, 0.3) is 0 Å². The zero-order valence-electron chi connectivity index (χ0n) is 35.5. The Bertz CT molecular complexity index is 787. The second kappa shape index (κ2) is 43.3.